The van der Waals surface area contributed by atoms with Gasteiger partial charge in [0.25, 0.3) is 13.2 Å². The molecule has 0 fully saturated rings. The molecule has 3 rings (SSSR count). The van der Waals surface area contributed by atoms with Crippen LogP contribution in [0.15, 0.2) is 60.8 Å². The summed E-state index contributed by atoms with van der Waals surface area (Å²) in [6, 6.07) is 17.5. The molecule has 0 aliphatic carbocycles. The molecule has 0 radical (unpaired) electrons. The molecule has 0 spiro atoms. The Labute approximate surface area is 190 Å². The number of likely N-dealkylation sites (N-methyl/N-ethyl adjacent to an activating group) is 2. The molecule has 3 aromatic rings. The zero-order valence-corrected chi connectivity index (χ0v) is 19.0. The molecule has 1 aromatic heterocycles. The molecule has 0 aliphatic rings. The molecule has 0 aliphatic heterocycles. The van der Waals surface area contributed by atoms with Crippen molar-refractivity contribution in [1.29, 1.82) is 5.26 Å². The molecule has 2 aromatic carbocycles. The van der Waals surface area contributed by atoms with E-state index in [-0.39, 0.29) is 25.6 Å². The molecule has 0 bridgehead atoms. The molecule has 6 nitrogen and oxygen atoms in total. The Morgan fingerprint density at radius 1 is 1.06 bits per heavy atom. The first-order chi connectivity index (χ1) is 15.4. The van der Waals surface area contributed by atoms with Gasteiger partial charge in [0, 0.05) is 31.0 Å². The lowest BCUT2D eigenvalue weighted by molar-refractivity contribution is -0.129. The van der Waals surface area contributed by atoms with Gasteiger partial charge in [-0.2, -0.15) is 0 Å². The van der Waals surface area contributed by atoms with E-state index in [2.05, 4.69) is 10.9 Å². The van der Waals surface area contributed by atoms with Crippen molar-refractivity contribution < 1.29 is 9.59 Å². The first kappa shape index (κ1) is 23.3. The van der Waals surface area contributed by atoms with Gasteiger partial charge in [0.05, 0.1) is 5.52 Å². The van der Waals surface area contributed by atoms with Crippen LogP contribution in [-0.2, 0) is 17.6 Å². The maximum Gasteiger partial charge on any atom is 0.263 e. The lowest BCUT2D eigenvalue weighted by atomic mass is 9.63. The van der Waals surface area contributed by atoms with Crippen molar-refractivity contribution in [3.8, 4) is 5.97 Å². The van der Waals surface area contributed by atoms with Crippen molar-refractivity contribution in [2.24, 2.45) is 0 Å². The lowest BCUT2D eigenvalue weighted by Crippen LogP contribution is -2.38. The number of nitriles is 1. The van der Waals surface area contributed by atoms with Crippen LogP contribution in [0.5, 0.6) is 0 Å². The summed E-state index contributed by atoms with van der Waals surface area (Å²) in [5, 5.41) is 10.3. The fraction of sp³-hybridized carbons (Fsp3) is 0.320. The van der Waals surface area contributed by atoms with Gasteiger partial charge in [-0.3, -0.25) is 14.2 Å². The highest BCUT2D eigenvalue weighted by Crippen LogP contribution is 2.22. The van der Waals surface area contributed by atoms with Crippen LogP contribution in [0.1, 0.15) is 15.9 Å². The third-order valence-corrected chi connectivity index (χ3v) is 5.65. The van der Waals surface area contributed by atoms with Crippen LogP contribution < -0.4 is 0 Å². The Hall–Kier alpha value is -3.37. The highest BCUT2D eigenvalue weighted by atomic mass is 16.2. The second-order valence-electron chi connectivity index (χ2n) is 8.43. The number of fused-ring (bicyclic) bond motifs is 1. The molecule has 1 atom stereocenters. The molecule has 0 saturated carbocycles. The Morgan fingerprint density at radius 3 is 2.44 bits per heavy atom. The van der Waals surface area contributed by atoms with E-state index in [4.69, 9.17) is 0 Å². The van der Waals surface area contributed by atoms with Gasteiger partial charge in [-0.15, -0.1) is 0 Å². The quantitative estimate of drug-likeness (QED) is 0.492. The number of rotatable bonds is 9. The number of amides is 1. The zero-order valence-electron chi connectivity index (χ0n) is 19.0. The number of para-hydroxylation sites is 1. The second kappa shape index (κ2) is 10.8. The average molecular weight is 428 g/mol. The number of benzene rings is 2. The fourth-order valence-corrected chi connectivity index (χ4v) is 3.92. The zero-order chi connectivity index (χ0) is 23.1. The van der Waals surface area contributed by atoms with Crippen molar-refractivity contribution in [2.45, 2.75) is 18.7 Å². The summed E-state index contributed by atoms with van der Waals surface area (Å²) in [7, 11) is 5.80. The van der Waals surface area contributed by atoms with E-state index in [0.717, 1.165) is 35.0 Å². The topological polar surface area (TPSA) is 69.3 Å². The number of hydrogen-bond acceptors (Lipinski definition) is 4. The van der Waals surface area contributed by atoms with Crippen LogP contribution in [0.4, 0.5) is 0 Å². The predicted molar refractivity (Wildman–Crippen MR) is 129 cm³/mol. The number of aromatic nitrogens is 1. The molecule has 1 amide bonds. The SMILES string of the molecule is CN(C)CCc1cn(C(=O)CN(C)C(=O)[C@@H](BC#N)Cc2ccccc2)c2ccccc12. The van der Waals surface area contributed by atoms with Gasteiger partial charge in [-0.1, -0.05) is 48.5 Å². The van der Waals surface area contributed by atoms with Gasteiger partial charge >= 0.3 is 0 Å². The van der Waals surface area contributed by atoms with Gasteiger partial charge in [0.2, 0.25) is 5.91 Å². The summed E-state index contributed by atoms with van der Waals surface area (Å²) in [5.74, 6) is 1.29. The second-order valence-corrected chi connectivity index (χ2v) is 8.43. The largest absolute Gasteiger partial charge is 0.337 e. The Morgan fingerprint density at radius 2 is 1.75 bits per heavy atom. The minimum atomic E-state index is -0.475. The third-order valence-electron chi connectivity index (χ3n) is 5.65. The maximum atomic E-state index is 13.2. The van der Waals surface area contributed by atoms with Gasteiger partial charge in [0.1, 0.15) is 6.54 Å². The van der Waals surface area contributed by atoms with Crippen LogP contribution >= 0.6 is 0 Å². The molecular formula is C25H29BN4O2. The minimum absolute atomic E-state index is 0.0403. The lowest BCUT2D eigenvalue weighted by Gasteiger charge is -2.22. The summed E-state index contributed by atoms with van der Waals surface area (Å²) < 4.78 is 1.65. The fourth-order valence-electron chi connectivity index (χ4n) is 3.92. The summed E-state index contributed by atoms with van der Waals surface area (Å²) >= 11 is 0. The highest BCUT2D eigenvalue weighted by Gasteiger charge is 2.26. The molecule has 7 heteroatoms. The van der Waals surface area contributed by atoms with E-state index >= 15 is 0 Å². The van der Waals surface area contributed by atoms with E-state index < -0.39 is 5.82 Å². The Kier molecular flexibility index (Phi) is 7.85. The van der Waals surface area contributed by atoms with Crippen LogP contribution in [0.25, 0.3) is 10.9 Å². The van der Waals surface area contributed by atoms with Crippen molar-refractivity contribution in [3.05, 3.63) is 71.9 Å². The molecule has 32 heavy (non-hydrogen) atoms. The molecule has 0 saturated heterocycles. The minimum Gasteiger partial charge on any atom is -0.337 e. The first-order valence-corrected chi connectivity index (χ1v) is 10.8. The summed E-state index contributed by atoms with van der Waals surface area (Å²) in [4.78, 5) is 29.8. The predicted octanol–water partition coefficient (Wildman–Crippen LogP) is 2.79. The van der Waals surface area contributed by atoms with Crippen molar-refractivity contribution in [1.82, 2.24) is 14.4 Å². The Balaban J connectivity index is 1.76. The van der Waals surface area contributed by atoms with E-state index in [0.29, 0.717) is 6.42 Å². The summed E-state index contributed by atoms with van der Waals surface area (Å²) in [6.07, 6.45) is 3.21. The maximum absolute atomic E-state index is 13.2. The van der Waals surface area contributed by atoms with Crippen LogP contribution in [-0.4, -0.2) is 67.7 Å². The van der Waals surface area contributed by atoms with E-state index in [1.807, 2.05) is 74.9 Å². The first-order valence-electron chi connectivity index (χ1n) is 10.8. The molecule has 0 N–H and O–H groups in total. The van der Waals surface area contributed by atoms with Gasteiger partial charge in [0.15, 0.2) is 0 Å². The van der Waals surface area contributed by atoms with Crippen LogP contribution in [0.2, 0.25) is 5.82 Å². The standard InChI is InChI=1S/C25H29BN4O2/c1-28(2)14-13-20-16-30(23-12-8-7-11-21(20)23)24(31)17-29(3)25(32)22(26-18-27)15-19-9-5-4-6-10-19/h4-12,16,22,26H,13-15,17H2,1-3H3/t22-/m0/s1. The normalized spacial score (nSPS) is 11.8. The van der Waals surface area contributed by atoms with Crippen molar-refractivity contribution >= 4 is 30.0 Å². The van der Waals surface area contributed by atoms with Crippen LogP contribution in [0.3, 0.4) is 0 Å². The molecule has 1 heterocycles. The van der Waals surface area contributed by atoms with Crippen molar-refractivity contribution in [2.75, 3.05) is 34.2 Å². The third kappa shape index (κ3) is 5.65. The van der Waals surface area contributed by atoms with Crippen LogP contribution in [0, 0.1) is 11.2 Å². The monoisotopic (exact) mass is 428 g/mol. The number of carbonyl (C=O) groups is 2. The Bertz CT molecular complexity index is 1120. The van der Waals surface area contributed by atoms with Gasteiger partial charge < -0.3 is 9.80 Å². The van der Waals surface area contributed by atoms with E-state index in [1.165, 1.54) is 4.90 Å². The summed E-state index contributed by atoms with van der Waals surface area (Å²) in [5.41, 5.74) is 2.97. The molecular weight excluding hydrogens is 399 g/mol. The smallest absolute Gasteiger partial charge is 0.263 e. The van der Waals surface area contributed by atoms with Gasteiger partial charge in [-0.05, 0) is 50.1 Å². The average Bonchev–Trinajstić information content (AvgIpc) is 3.16. The molecule has 164 valence electrons. The van der Waals surface area contributed by atoms with E-state index in [9.17, 15) is 14.9 Å². The summed E-state index contributed by atoms with van der Waals surface area (Å²) in [6.45, 7) is 0.845. The molecule has 0 unspecified atom stereocenters. The number of hydrogen-bond donors (Lipinski definition) is 0. The van der Waals surface area contributed by atoms with Crippen molar-refractivity contribution in [3.63, 3.8) is 0 Å². The highest BCUT2D eigenvalue weighted by molar-refractivity contribution is 6.52. The van der Waals surface area contributed by atoms with E-state index in [1.54, 1.807) is 11.6 Å². The van der Waals surface area contributed by atoms with Gasteiger partial charge in [-0.25, -0.2) is 5.26 Å². The number of carbonyl (C=O) groups excluding carboxylic acids is 2. The number of nitrogens with zero attached hydrogens (tertiary/aromatic N) is 4.